The SMILES string of the molecule is O=C(O)C1CC1C(=O)Nc1ccc(N2CCOCC2)nc1. The lowest BCUT2D eigenvalue weighted by Gasteiger charge is -2.27. The maximum atomic E-state index is 11.8. The minimum absolute atomic E-state index is 0.247. The summed E-state index contributed by atoms with van der Waals surface area (Å²) >= 11 is 0. The summed E-state index contributed by atoms with van der Waals surface area (Å²) in [4.78, 5) is 29.0. The number of hydrogen-bond donors (Lipinski definition) is 2. The van der Waals surface area contributed by atoms with Crippen LogP contribution in [-0.2, 0) is 14.3 Å². The molecule has 1 aliphatic heterocycles. The first-order valence-corrected chi connectivity index (χ1v) is 6.97. The van der Waals surface area contributed by atoms with Crippen LogP contribution in [0.2, 0.25) is 0 Å². The second-order valence-corrected chi connectivity index (χ2v) is 5.28. The number of carbonyl (C=O) groups excluding carboxylic acids is 1. The number of aliphatic carboxylic acids is 1. The van der Waals surface area contributed by atoms with Gasteiger partial charge in [-0.3, -0.25) is 9.59 Å². The van der Waals surface area contributed by atoms with E-state index < -0.39 is 17.8 Å². The highest BCUT2D eigenvalue weighted by Crippen LogP contribution is 2.39. The molecule has 2 unspecified atom stereocenters. The van der Waals surface area contributed by atoms with Crippen molar-refractivity contribution in [1.82, 2.24) is 4.98 Å². The van der Waals surface area contributed by atoms with Gasteiger partial charge >= 0.3 is 5.97 Å². The number of rotatable bonds is 4. The largest absolute Gasteiger partial charge is 0.481 e. The van der Waals surface area contributed by atoms with Crippen molar-refractivity contribution in [2.24, 2.45) is 11.8 Å². The van der Waals surface area contributed by atoms with E-state index >= 15 is 0 Å². The summed E-state index contributed by atoms with van der Waals surface area (Å²) in [6, 6.07) is 3.64. The molecule has 1 aliphatic carbocycles. The fourth-order valence-electron chi connectivity index (χ4n) is 2.43. The Morgan fingerprint density at radius 3 is 2.62 bits per heavy atom. The smallest absolute Gasteiger partial charge is 0.307 e. The van der Waals surface area contributed by atoms with E-state index in [0.717, 1.165) is 18.9 Å². The molecule has 0 radical (unpaired) electrons. The number of carbonyl (C=O) groups is 2. The van der Waals surface area contributed by atoms with Crippen LogP contribution in [0.1, 0.15) is 6.42 Å². The van der Waals surface area contributed by atoms with E-state index in [2.05, 4.69) is 15.2 Å². The van der Waals surface area contributed by atoms with E-state index in [0.29, 0.717) is 25.3 Å². The maximum absolute atomic E-state index is 11.8. The molecule has 1 aromatic heterocycles. The summed E-state index contributed by atoms with van der Waals surface area (Å²) in [5, 5.41) is 11.5. The monoisotopic (exact) mass is 291 g/mol. The third-order valence-electron chi connectivity index (χ3n) is 3.79. The summed E-state index contributed by atoms with van der Waals surface area (Å²) in [6.45, 7) is 3.00. The second-order valence-electron chi connectivity index (χ2n) is 5.28. The van der Waals surface area contributed by atoms with Gasteiger partial charge in [-0.05, 0) is 18.6 Å². The average molecular weight is 291 g/mol. The Labute approximate surface area is 121 Å². The lowest BCUT2D eigenvalue weighted by atomic mass is 10.3. The third kappa shape index (κ3) is 3.13. The van der Waals surface area contributed by atoms with Gasteiger partial charge in [0.2, 0.25) is 5.91 Å². The van der Waals surface area contributed by atoms with Gasteiger partial charge in [0, 0.05) is 13.1 Å². The van der Waals surface area contributed by atoms with E-state index in [1.165, 1.54) is 0 Å². The number of morpholine rings is 1. The maximum Gasteiger partial charge on any atom is 0.307 e. The number of amides is 1. The van der Waals surface area contributed by atoms with Gasteiger partial charge in [0.1, 0.15) is 5.82 Å². The predicted molar refractivity (Wildman–Crippen MR) is 75.1 cm³/mol. The van der Waals surface area contributed by atoms with Crippen LogP contribution in [0.15, 0.2) is 18.3 Å². The molecule has 0 bridgehead atoms. The highest BCUT2D eigenvalue weighted by atomic mass is 16.5. The first kappa shape index (κ1) is 13.8. The van der Waals surface area contributed by atoms with Crippen LogP contribution in [-0.4, -0.2) is 48.3 Å². The molecule has 2 heterocycles. The first-order valence-electron chi connectivity index (χ1n) is 6.97. The van der Waals surface area contributed by atoms with Crippen LogP contribution in [0.5, 0.6) is 0 Å². The van der Waals surface area contributed by atoms with Crippen LogP contribution < -0.4 is 10.2 Å². The Hall–Kier alpha value is -2.15. The molecule has 0 aromatic carbocycles. The standard InChI is InChI=1S/C14H17N3O4/c18-13(10-7-11(10)14(19)20)16-9-1-2-12(15-8-9)17-3-5-21-6-4-17/h1-2,8,10-11H,3-7H2,(H,16,18)(H,19,20). The Morgan fingerprint density at radius 2 is 2.05 bits per heavy atom. The molecule has 7 heteroatoms. The van der Waals surface area contributed by atoms with Crippen molar-refractivity contribution in [3.63, 3.8) is 0 Å². The zero-order valence-corrected chi connectivity index (χ0v) is 11.5. The van der Waals surface area contributed by atoms with Gasteiger partial charge in [-0.2, -0.15) is 0 Å². The number of aromatic nitrogens is 1. The average Bonchev–Trinajstić information content (AvgIpc) is 3.30. The van der Waals surface area contributed by atoms with Gasteiger partial charge in [-0.1, -0.05) is 0 Å². The van der Waals surface area contributed by atoms with Crippen LogP contribution in [0.4, 0.5) is 11.5 Å². The predicted octanol–water partition coefficient (Wildman–Crippen LogP) is 0.577. The molecule has 3 rings (SSSR count). The van der Waals surface area contributed by atoms with Crippen LogP contribution in [0, 0.1) is 11.8 Å². The van der Waals surface area contributed by atoms with Gasteiger partial charge in [-0.15, -0.1) is 0 Å². The van der Waals surface area contributed by atoms with E-state index in [-0.39, 0.29) is 5.91 Å². The molecular weight excluding hydrogens is 274 g/mol. The Kier molecular flexibility index (Phi) is 3.74. The molecule has 7 nitrogen and oxygen atoms in total. The molecule has 0 spiro atoms. The number of nitrogens with zero attached hydrogens (tertiary/aromatic N) is 2. The van der Waals surface area contributed by atoms with Crippen molar-refractivity contribution in [3.8, 4) is 0 Å². The van der Waals surface area contributed by atoms with Crippen molar-refractivity contribution in [2.45, 2.75) is 6.42 Å². The zero-order chi connectivity index (χ0) is 14.8. The normalized spacial score (nSPS) is 24.5. The second kappa shape index (κ2) is 5.69. The Morgan fingerprint density at radius 1 is 1.29 bits per heavy atom. The first-order chi connectivity index (χ1) is 10.1. The highest BCUT2D eigenvalue weighted by Gasteiger charge is 2.48. The van der Waals surface area contributed by atoms with Crippen molar-refractivity contribution >= 4 is 23.4 Å². The lowest BCUT2D eigenvalue weighted by molar-refractivity contribution is -0.139. The Bertz CT molecular complexity index is 540. The molecule has 2 N–H and O–H groups in total. The van der Waals surface area contributed by atoms with Crippen LogP contribution in [0.25, 0.3) is 0 Å². The summed E-state index contributed by atoms with van der Waals surface area (Å²) in [7, 11) is 0. The van der Waals surface area contributed by atoms with Gasteiger partial charge in [0.15, 0.2) is 0 Å². The van der Waals surface area contributed by atoms with E-state index in [4.69, 9.17) is 9.84 Å². The fourth-order valence-corrected chi connectivity index (χ4v) is 2.43. The van der Waals surface area contributed by atoms with Gasteiger partial charge in [-0.25, -0.2) is 4.98 Å². The van der Waals surface area contributed by atoms with E-state index in [1.807, 2.05) is 6.07 Å². The summed E-state index contributed by atoms with van der Waals surface area (Å²) in [5.41, 5.74) is 0.591. The summed E-state index contributed by atoms with van der Waals surface area (Å²) in [5.74, 6) is -1.25. The molecule has 21 heavy (non-hydrogen) atoms. The van der Waals surface area contributed by atoms with Crippen molar-refractivity contribution in [3.05, 3.63) is 18.3 Å². The number of nitrogens with one attached hydrogen (secondary N) is 1. The summed E-state index contributed by atoms with van der Waals surface area (Å²) < 4.78 is 5.29. The number of ether oxygens (including phenoxy) is 1. The van der Waals surface area contributed by atoms with Gasteiger partial charge < -0.3 is 20.1 Å². The number of carboxylic acid groups (broad SMARTS) is 1. The van der Waals surface area contributed by atoms with Crippen molar-refractivity contribution in [1.29, 1.82) is 0 Å². The van der Waals surface area contributed by atoms with Gasteiger partial charge in [0.05, 0.1) is 36.9 Å². The summed E-state index contributed by atoms with van der Waals surface area (Å²) in [6.07, 6.45) is 2.02. The molecule has 1 saturated heterocycles. The minimum Gasteiger partial charge on any atom is -0.481 e. The van der Waals surface area contributed by atoms with Crippen molar-refractivity contribution in [2.75, 3.05) is 36.5 Å². The Balaban J connectivity index is 1.57. The molecule has 2 fully saturated rings. The molecule has 2 aliphatic rings. The number of carboxylic acids is 1. The minimum atomic E-state index is -0.907. The highest BCUT2D eigenvalue weighted by molar-refractivity contribution is 5.98. The molecule has 1 aromatic rings. The number of pyridine rings is 1. The lowest BCUT2D eigenvalue weighted by Crippen LogP contribution is -2.36. The van der Waals surface area contributed by atoms with Crippen molar-refractivity contribution < 1.29 is 19.4 Å². The fraction of sp³-hybridized carbons (Fsp3) is 0.500. The molecule has 2 atom stereocenters. The third-order valence-corrected chi connectivity index (χ3v) is 3.79. The molecular formula is C14H17N3O4. The van der Waals surface area contributed by atoms with Gasteiger partial charge in [0.25, 0.3) is 0 Å². The van der Waals surface area contributed by atoms with Crippen LogP contribution >= 0.6 is 0 Å². The van der Waals surface area contributed by atoms with E-state index in [1.54, 1.807) is 12.3 Å². The topological polar surface area (TPSA) is 91.8 Å². The quantitative estimate of drug-likeness (QED) is 0.843. The molecule has 112 valence electrons. The number of hydrogen-bond acceptors (Lipinski definition) is 5. The van der Waals surface area contributed by atoms with E-state index in [9.17, 15) is 9.59 Å². The molecule has 1 amide bonds. The zero-order valence-electron chi connectivity index (χ0n) is 11.5. The van der Waals surface area contributed by atoms with Crippen LogP contribution in [0.3, 0.4) is 0 Å². The molecule has 1 saturated carbocycles. The number of anilines is 2.